The zero-order chi connectivity index (χ0) is 11.9. The van der Waals surface area contributed by atoms with Gasteiger partial charge in [0.05, 0.1) is 0 Å². The normalized spacial score (nSPS) is 20.5. The summed E-state index contributed by atoms with van der Waals surface area (Å²) in [4.78, 5) is 4.05. The van der Waals surface area contributed by atoms with Crippen molar-refractivity contribution in [3.63, 3.8) is 0 Å². The van der Waals surface area contributed by atoms with Gasteiger partial charge in [0.25, 0.3) is 0 Å². The Morgan fingerprint density at radius 1 is 1.06 bits per heavy atom. The van der Waals surface area contributed by atoms with Crippen LogP contribution in [-0.2, 0) is 6.42 Å². The van der Waals surface area contributed by atoms with Gasteiger partial charge in [-0.05, 0) is 42.9 Å². The predicted octanol–water partition coefficient (Wildman–Crippen LogP) is 4.59. The second-order valence-electron chi connectivity index (χ2n) is 5.18. The van der Waals surface area contributed by atoms with Crippen molar-refractivity contribution >= 4 is 11.6 Å². The summed E-state index contributed by atoms with van der Waals surface area (Å²) in [5, 5.41) is 0.301. The molecule has 1 aliphatic rings. The maximum atomic E-state index is 6.60. The van der Waals surface area contributed by atoms with Gasteiger partial charge in [-0.15, -0.1) is 11.6 Å². The predicted molar refractivity (Wildman–Crippen MR) is 73.4 cm³/mol. The lowest BCUT2D eigenvalue weighted by Gasteiger charge is -2.24. The molecule has 1 aromatic rings. The number of nitrogens with zero attached hydrogens (tertiary/aromatic N) is 1. The molecule has 2 heteroatoms. The molecule has 1 unspecified atom stereocenters. The number of hydrogen-bond acceptors (Lipinski definition) is 1. The zero-order valence-corrected chi connectivity index (χ0v) is 11.2. The van der Waals surface area contributed by atoms with Crippen LogP contribution in [0.3, 0.4) is 0 Å². The largest absolute Gasteiger partial charge is 0.265 e. The molecule has 0 N–H and O–H groups in total. The van der Waals surface area contributed by atoms with E-state index in [1.807, 2.05) is 12.4 Å². The first-order valence-electron chi connectivity index (χ1n) is 6.89. The van der Waals surface area contributed by atoms with Gasteiger partial charge in [0, 0.05) is 17.8 Å². The molecular formula is C15H22ClN. The summed E-state index contributed by atoms with van der Waals surface area (Å²) in [6.45, 7) is 0. The molecule has 0 saturated heterocycles. The van der Waals surface area contributed by atoms with Crippen LogP contribution in [0.1, 0.15) is 50.5 Å². The fourth-order valence-corrected chi connectivity index (χ4v) is 3.19. The van der Waals surface area contributed by atoms with Gasteiger partial charge in [0.1, 0.15) is 0 Å². The van der Waals surface area contributed by atoms with E-state index in [0.29, 0.717) is 11.3 Å². The second kappa shape index (κ2) is 7.00. The van der Waals surface area contributed by atoms with Crippen LogP contribution in [-0.4, -0.2) is 10.4 Å². The molecule has 0 radical (unpaired) electrons. The number of rotatable bonds is 3. The third kappa shape index (κ3) is 4.31. The van der Waals surface area contributed by atoms with E-state index in [1.165, 1.54) is 50.5 Å². The average Bonchev–Trinajstić information content (AvgIpc) is 2.29. The molecule has 0 bridgehead atoms. The minimum absolute atomic E-state index is 0.301. The van der Waals surface area contributed by atoms with Gasteiger partial charge < -0.3 is 0 Å². The quantitative estimate of drug-likeness (QED) is 0.716. The SMILES string of the molecule is ClC(Cc1ccncc1)C1CCCCCCC1. The fraction of sp³-hybridized carbons (Fsp3) is 0.667. The molecule has 1 nitrogen and oxygen atoms in total. The third-order valence-corrected chi connectivity index (χ3v) is 4.35. The molecule has 1 aliphatic carbocycles. The Morgan fingerprint density at radius 3 is 2.29 bits per heavy atom. The van der Waals surface area contributed by atoms with Gasteiger partial charge in [0.2, 0.25) is 0 Å². The van der Waals surface area contributed by atoms with Gasteiger partial charge >= 0.3 is 0 Å². The first-order chi connectivity index (χ1) is 8.36. The summed E-state index contributed by atoms with van der Waals surface area (Å²) < 4.78 is 0. The molecule has 1 saturated carbocycles. The average molecular weight is 252 g/mol. The monoisotopic (exact) mass is 251 g/mol. The second-order valence-corrected chi connectivity index (χ2v) is 5.74. The molecule has 2 rings (SSSR count). The van der Waals surface area contributed by atoms with Crippen molar-refractivity contribution in [2.45, 2.75) is 56.7 Å². The van der Waals surface area contributed by atoms with E-state index in [-0.39, 0.29) is 0 Å². The molecule has 0 amide bonds. The molecule has 1 heterocycles. The summed E-state index contributed by atoms with van der Waals surface area (Å²) in [5.41, 5.74) is 1.32. The minimum atomic E-state index is 0.301. The Labute approximate surface area is 110 Å². The highest BCUT2D eigenvalue weighted by Gasteiger charge is 2.20. The van der Waals surface area contributed by atoms with Gasteiger partial charge in [0.15, 0.2) is 0 Å². The van der Waals surface area contributed by atoms with Crippen molar-refractivity contribution in [2.75, 3.05) is 0 Å². The number of pyridine rings is 1. The Hall–Kier alpha value is -0.560. The Morgan fingerprint density at radius 2 is 1.65 bits per heavy atom. The highest BCUT2D eigenvalue weighted by Crippen LogP contribution is 2.29. The van der Waals surface area contributed by atoms with Gasteiger partial charge in [-0.3, -0.25) is 4.98 Å². The van der Waals surface area contributed by atoms with Crippen molar-refractivity contribution < 1.29 is 0 Å². The summed E-state index contributed by atoms with van der Waals surface area (Å²) in [5.74, 6) is 0.713. The van der Waals surface area contributed by atoms with Crippen molar-refractivity contribution in [2.24, 2.45) is 5.92 Å². The van der Waals surface area contributed by atoms with E-state index >= 15 is 0 Å². The van der Waals surface area contributed by atoms with Crippen molar-refractivity contribution in [1.82, 2.24) is 4.98 Å². The van der Waals surface area contributed by atoms with Crippen molar-refractivity contribution in [1.29, 1.82) is 0 Å². The van der Waals surface area contributed by atoms with Crippen molar-refractivity contribution in [3.8, 4) is 0 Å². The lowest BCUT2D eigenvalue weighted by Crippen LogP contribution is -2.18. The van der Waals surface area contributed by atoms with Crippen LogP contribution in [0.15, 0.2) is 24.5 Å². The Bertz CT molecular complexity index is 304. The minimum Gasteiger partial charge on any atom is -0.265 e. The maximum Gasteiger partial charge on any atom is 0.0404 e. The van der Waals surface area contributed by atoms with Crippen LogP contribution < -0.4 is 0 Å². The lowest BCUT2D eigenvalue weighted by atomic mass is 9.87. The van der Waals surface area contributed by atoms with Crippen LogP contribution >= 0.6 is 11.6 Å². The molecule has 1 atom stereocenters. The fourth-order valence-electron chi connectivity index (χ4n) is 2.76. The summed E-state index contributed by atoms with van der Waals surface area (Å²) in [7, 11) is 0. The summed E-state index contributed by atoms with van der Waals surface area (Å²) >= 11 is 6.60. The van der Waals surface area contributed by atoms with E-state index < -0.39 is 0 Å². The molecule has 1 fully saturated rings. The highest BCUT2D eigenvalue weighted by molar-refractivity contribution is 6.20. The van der Waals surface area contributed by atoms with Crippen LogP contribution in [0.2, 0.25) is 0 Å². The van der Waals surface area contributed by atoms with Crippen LogP contribution in [0.25, 0.3) is 0 Å². The first-order valence-corrected chi connectivity index (χ1v) is 7.33. The smallest absolute Gasteiger partial charge is 0.0404 e. The number of halogens is 1. The van der Waals surface area contributed by atoms with E-state index in [0.717, 1.165) is 6.42 Å². The van der Waals surface area contributed by atoms with E-state index in [2.05, 4.69) is 17.1 Å². The zero-order valence-electron chi connectivity index (χ0n) is 10.4. The topological polar surface area (TPSA) is 12.9 Å². The molecule has 94 valence electrons. The highest BCUT2D eigenvalue weighted by atomic mass is 35.5. The van der Waals surface area contributed by atoms with Gasteiger partial charge in [-0.1, -0.05) is 32.1 Å². The van der Waals surface area contributed by atoms with Crippen molar-refractivity contribution in [3.05, 3.63) is 30.1 Å². The maximum absolute atomic E-state index is 6.60. The van der Waals surface area contributed by atoms with E-state index in [1.54, 1.807) is 0 Å². The first kappa shape index (κ1) is 12.9. The van der Waals surface area contributed by atoms with Crippen LogP contribution in [0.5, 0.6) is 0 Å². The van der Waals surface area contributed by atoms with E-state index in [9.17, 15) is 0 Å². The molecule has 0 spiro atoms. The standard InChI is InChI=1S/C15H22ClN/c16-15(12-13-8-10-17-11-9-13)14-6-4-2-1-3-5-7-14/h8-11,14-15H,1-7,12H2. The van der Waals surface area contributed by atoms with Crippen LogP contribution in [0, 0.1) is 5.92 Å². The molecule has 0 aromatic carbocycles. The number of hydrogen-bond donors (Lipinski definition) is 0. The third-order valence-electron chi connectivity index (χ3n) is 3.84. The molecule has 17 heavy (non-hydrogen) atoms. The van der Waals surface area contributed by atoms with Crippen LogP contribution in [0.4, 0.5) is 0 Å². The van der Waals surface area contributed by atoms with Gasteiger partial charge in [-0.25, -0.2) is 0 Å². The Balaban J connectivity index is 1.87. The number of alkyl halides is 1. The summed E-state index contributed by atoms with van der Waals surface area (Å²) in [6, 6.07) is 4.16. The molecule has 0 aliphatic heterocycles. The summed E-state index contributed by atoms with van der Waals surface area (Å²) in [6.07, 6.45) is 14.3. The van der Waals surface area contributed by atoms with Gasteiger partial charge in [-0.2, -0.15) is 0 Å². The molecule has 1 aromatic heterocycles. The lowest BCUT2D eigenvalue weighted by molar-refractivity contribution is 0.364. The Kier molecular flexibility index (Phi) is 5.31. The molecular weight excluding hydrogens is 230 g/mol. The van der Waals surface area contributed by atoms with E-state index in [4.69, 9.17) is 11.6 Å². The number of aromatic nitrogens is 1.